The molecule has 3 nitrogen and oxygen atoms in total. The minimum absolute atomic E-state index is 0. The van der Waals surface area contributed by atoms with Crippen molar-refractivity contribution in [1.29, 1.82) is 0 Å². The average molecular weight is 753 g/mol. The molecule has 1 radical (unpaired) electrons. The molecule has 4 aromatic rings. The number of allylic oxidation sites excluding steroid dienone is 2. The van der Waals surface area contributed by atoms with Crippen LogP contribution in [0, 0.1) is 17.9 Å². The van der Waals surface area contributed by atoms with Crippen molar-refractivity contribution in [3.63, 3.8) is 0 Å². The van der Waals surface area contributed by atoms with Crippen molar-refractivity contribution in [2.45, 2.75) is 86.5 Å². The molecule has 0 atom stereocenters. The van der Waals surface area contributed by atoms with Crippen LogP contribution in [0.2, 0.25) is 0 Å². The van der Waals surface area contributed by atoms with E-state index in [1.165, 1.54) is 50.2 Å². The predicted octanol–water partition coefficient (Wildman–Crippen LogP) is 10.9. The smallest absolute Gasteiger partial charge is 0.159 e. The summed E-state index contributed by atoms with van der Waals surface area (Å²) in [4.78, 5) is 16.0. The van der Waals surface area contributed by atoms with Gasteiger partial charge < -0.3 is 10.1 Å². The van der Waals surface area contributed by atoms with Crippen molar-refractivity contribution < 1.29 is 30.0 Å². The first-order chi connectivity index (χ1) is 19.8. The fourth-order valence-corrected chi connectivity index (χ4v) is 5.53. The van der Waals surface area contributed by atoms with Crippen LogP contribution in [-0.4, -0.2) is 15.9 Å². The minimum atomic E-state index is 0. The van der Waals surface area contributed by atoms with Crippen LogP contribution < -0.4 is 0 Å². The number of aliphatic hydroxyl groups is 1. The maximum absolute atomic E-state index is 11.2. The molecule has 1 N–H and O–H groups in total. The van der Waals surface area contributed by atoms with Gasteiger partial charge >= 0.3 is 0 Å². The number of pyridine rings is 1. The number of ketones is 1. The van der Waals surface area contributed by atoms with Crippen molar-refractivity contribution in [2.75, 3.05) is 0 Å². The second-order valence-corrected chi connectivity index (χ2v) is 13.7. The fourth-order valence-electron chi connectivity index (χ4n) is 5.53. The molecule has 1 aliphatic carbocycles. The SMILES string of the molecule is CC(C)CC(=O)/C=C(\O)CC(C)C.CC(C)c1cc2c3c(nccc3c1)-c1[c-]cccc1-c1cc(C(C)(C)C)ccc1-2.[Ir]. The number of aromatic nitrogens is 1. The quantitative estimate of drug-likeness (QED) is 0.107. The second-order valence-electron chi connectivity index (χ2n) is 13.7. The van der Waals surface area contributed by atoms with Crippen LogP contribution in [-0.2, 0) is 30.3 Å². The zero-order valence-electron chi connectivity index (χ0n) is 27.1. The molecule has 4 heteroatoms. The first-order valence-electron chi connectivity index (χ1n) is 15.3. The third kappa shape index (κ3) is 8.11. The van der Waals surface area contributed by atoms with Gasteiger partial charge in [0.2, 0.25) is 0 Å². The summed E-state index contributed by atoms with van der Waals surface area (Å²) in [5.41, 5.74) is 10.0. The van der Waals surface area contributed by atoms with Crippen molar-refractivity contribution in [1.82, 2.24) is 4.98 Å². The van der Waals surface area contributed by atoms with Gasteiger partial charge in [-0.3, -0.25) is 4.79 Å². The van der Waals surface area contributed by atoms with Crippen LogP contribution >= 0.6 is 0 Å². The number of rotatable bonds is 6. The Hall–Kier alpha value is -3.07. The van der Waals surface area contributed by atoms with E-state index in [4.69, 9.17) is 4.98 Å². The third-order valence-electron chi connectivity index (χ3n) is 7.67. The van der Waals surface area contributed by atoms with Crippen molar-refractivity contribution in [3.05, 3.63) is 89.8 Å². The largest absolute Gasteiger partial charge is 0.512 e. The number of hydrogen-bond acceptors (Lipinski definition) is 3. The molecule has 0 saturated carbocycles. The molecular formula is C39H46IrNO2-. The molecule has 229 valence electrons. The number of nitrogens with zero attached hydrogens (tertiary/aromatic N) is 1. The van der Waals surface area contributed by atoms with Gasteiger partial charge in [-0.1, -0.05) is 104 Å². The number of aliphatic hydroxyl groups excluding tert-OH is 1. The molecular weight excluding hydrogens is 707 g/mol. The number of fused-ring (bicyclic) bond motifs is 5. The maximum atomic E-state index is 11.2. The molecule has 3 aromatic carbocycles. The fraction of sp³-hybridized carbons (Fsp3) is 0.385. The van der Waals surface area contributed by atoms with E-state index in [1.807, 2.05) is 40.0 Å². The zero-order valence-corrected chi connectivity index (χ0v) is 29.5. The predicted molar refractivity (Wildman–Crippen MR) is 178 cm³/mol. The Labute approximate surface area is 272 Å². The topological polar surface area (TPSA) is 50.2 Å². The summed E-state index contributed by atoms with van der Waals surface area (Å²) in [6, 6.07) is 23.6. The molecule has 5 rings (SSSR count). The van der Waals surface area contributed by atoms with Crippen LogP contribution in [0.1, 0.15) is 92.2 Å². The number of carbonyl (C=O) groups excluding carboxylic acids is 1. The molecule has 0 amide bonds. The van der Waals surface area contributed by atoms with E-state index in [9.17, 15) is 9.90 Å². The van der Waals surface area contributed by atoms with Crippen molar-refractivity contribution >= 4 is 16.6 Å². The summed E-state index contributed by atoms with van der Waals surface area (Å²) in [7, 11) is 0. The molecule has 0 bridgehead atoms. The van der Waals surface area contributed by atoms with Gasteiger partial charge in [0.05, 0.1) is 5.76 Å². The van der Waals surface area contributed by atoms with E-state index in [2.05, 4.69) is 89.2 Å². The number of hydrogen-bond donors (Lipinski definition) is 1. The van der Waals surface area contributed by atoms with E-state index in [1.54, 1.807) is 0 Å². The van der Waals surface area contributed by atoms with Gasteiger partial charge in [-0.25, -0.2) is 0 Å². The normalized spacial score (nSPS) is 12.3. The van der Waals surface area contributed by atoms with Crippen LogP contribution in [0.5, 0.6) is 0 Å². The van der Waals surface area contributed by atoms with Crippen molar-refractivity contribution in [2.24, 2.45) is 11.8 Å². The molecule has 0 fully saturated rings. The summed E-state index contributed by atoms with van der Waals surface area (Å²) in [5.74, 6) is 1.45. The Morgan fingerprint density at radius 3 is 2.21 bits per heavy atom. The summed E-state index contributed by atoms with van der Waals surface area (Å²) in [6.07, 6.45) is 4.40. The van der Waals surface area contributed by atoms with Gasteiger partial charge in [0.25, 0.3) is 0 Å². The third-order valence-corrected chi connectivity index (χ3v) is 7.67. The standard InChI is InChI=1S/C28H26N.C11H20O2.Ir/c1-17(2)19-14-18-12-13-29-27-23-9-7-6-8-21(23)24-16-20(28(3,4)5)10-11-22(24)25(15-19)26(18)27;1-8(2)5-10(12)7-11(13)6-9(3)4;/h6-8,10-17H,1-5H3;7-9,12H,5-6H2,1-4H3;/q-1;;/b;10-7-;. The Kier molecular flexibility index (Phi) is 11.3. The Morgan fingerprint density at radius 1 is 0.884 bits per heavy atom. The van der Waals surface area contributed by atoms with Crippen molar-refractivity contribution in [3.8, 4) is 33.5 Å². The maximum Gasteiger partial charge on any atom is 0.159 e. The Balaban J connectivity index is 0.000000310. The van der Waals surface area contributed by atoms with E-state index >= 15 is 0 Å². The molecule has 0 saturated heterocycles. The van der Waals surface area contributed by atoms with E-state index in [0.717, 1.165) is 11.3 Å². The first-order valence-corrected chi connectivity index (χ1v) is 15.3. The summed E-state index contributed by atoms with van der Waals surface area (Å²) in [5, 5.41) is 11.8. The van der Waals surface area contributed by atoms with Crippen LogP contribution in [0.3, 0.4) is 0 Å². The molecule has 0 unspecified atom stereocenters. The number of benzene rings is 3. The van der Waals surface area contributed by atoms with Crippen LogP contribution in [0.25, 0.3) is 44.3 Å². The molecule has 0 aliphatic heterocycles. The molecule has 1 heterocycles. The zero-order chi connectivity index (χ0) is 30.8. The molecule has 0 spiro atoms. The monoisotopic (exact) mass is 753 g/mol. The summed E-state index contributed by atoms with van der Waals surface area (Å²) in [6.45, 7) is 19.4. The molecule has 1 aromatic heterocycles. The Bertz CT molecular complexity index is 1620. The van der Waals surface area contributed by atoms with Gasteiger partial charge in [0, 0.05) is 45.2 Å². The van der Waals surface area contributed by atoms with E-state index in [0.29, 0.717) is 30.6 Å². The van der Waals surface area contributed by atoms with Gasteiger partial charge in [0.15, 0.2) is 5.78 Å². The van der Waals surface area contributed by atoms with Gasteiger partial charge in [0.1, 0.15) is 0 Å². The minimum Gasteiger partial charge on any atom is -0.512 e. The van der Waals surface area contributed by atoms with E-state index in [-0.39, 0.29) is 37.1 Å². The first kappa shape index (κ1) is 34.4. The van der Waals surface area contributed by atoms with Gasteiger partial charge in [-0.15, -0.1) is 29.8 Å². The number of carbonyl (C=O) groups is 1. The summed E-state index contributed by atoms with van der Waals surface area (Å²) >= 11 is 0. The van der Waals surface area contributed by atoms with Crippen LogP contribution in [0.4, 0.5) is 0 Å². The average Bonchev–Trinajstić information content (AvgIpc) is 3.01. The summed E-state index contributed by atoms with van der Waals surface area (Å²) < 4.78 is 0. The van der Waals surface area contributed by atoms with Gasteiger partial charge in [-0.05, 0) is 68.0 Å². The van der Waals surface area contributed by atoms with Crippen LogP contribution in [0.15, 0.2) is 72.6 Å². The Morgan fingerprint density at radius 2 is 1.58 bits per heavy atom. The van der Waals surface area contributed by atoms with Gasteiger partial charge in [-0.2, -0.15) is 0 Å². The second kappa shape index (κ2) is 14.1. The van der Waals surface area contributed by atoms with E-state index < -0.39 is 0 Å². The molecule has 43 heavy (non-hydrogen) atoms. The molecule has 1 aliphatic rings.